The van der Waals surface area contributed by atoms with Gasteiger partial charge in [-0.2, -0.15) is 4.98 Å². The smallest absolute Gasteiger partial charge is 0.229 e. The van der Waals surface area contributed by atoms with Crippen LogP contribution in [0.2, 0.25) is 0 Å². The first-order valence-electron chi connectivity index (χ1n) is 9.97. The maximum Gasteiger partial charge on any atom is 0.229 e. The number of aliphatic hydroxyl groups excluding tert-OH is 1. The highest BCUT2D eigenvalue weighted by Gasteiger charge is 2.31. The normalized spacial score (nSPS) is 17.3. The Bertz CT molecular complexity index is 986. The van der Waals surface area contributed by atoms with E-state index in [4.69, 9.17) is 14.5 Å². The van der Waals surface area contributed by atoms with Crippen LogP contribution in [0.3, 0.4) is 0 Å². The van der Waals surface area contributed by atoms with Crippen molar-refractivity contribution in [1.82, 2.24) is 15.0 Å². The van der Waals surface area contributed by atoms with Crippen LogP contribution in [0.1, 0.15) is 34.5 Å². The van der Waals surface area contributed by atoms with Gasteiger partial charge in [-0.15, -0.1) is 0 Å². The van der Waals surface area contributed by atoms with Gasteiger partial charge in [-0.25, -0.2) is 0 Å². The Morgan fingerprint density at radius 2 is 1.90 bits per heavy atom. The number of aromatic nitrogens is 2. The number of aldehydes is 1. The number of benzene rings is 2. The molecule has 1 saturated heterocycles. The SMILES string of the molecule is CON=C1CC(c2noc(CCO)n2)N(C)C1.O=Cc1ccc(-c2ccccc2)cc1. The molecule has 31 heavy (non-hydrogen) atoms. The molecule has 0 aliphatic carbocycles. The Hall–Kier alpha value is -3.36. The number of nitrogens with zero attached hydrogens (tertiary/aromatic N) is 4. The first-order chi connectivity index (χ1) is 15.1. The zero-order chi connectivity index (χ0) is 22.1. The van der Waals surface area contributed by atoms with Crippen LogP contribution in [0, 0.1) is 0 Å². The van der Waals surface area contributed by atoms with Crippen molar-refractivity contribution in [3.05, 3.63) is 71.9 Å². The third-order valence-corrected chi connectivity index (χ3v) is 4.87. The first kappa shape index (κ1) is 22.3. The second-order valence-corrected chi connectivity index (χ2v) is 7.10. The van der Waals surface area contributed by atoms with Gasteiger partial charge in [0.15, 0.2) is 5.82 Å². The van der Waals surface area contributed by atoms with Gasteiger partial charge in [-0.05, 0) is 18.2 Å². The van der Waals surface area contributed by atoms with E-state index in [2.05, 4.69) is 32.3 Å². The lowest BCUT2D eigenvalue weighted by molar-refractivity contribution is 0.112. The van der Waals surface area contributed by atoms with Crippen LogP contribution in [0.4, 0.5) is 0 Å². The molecule has 2 heterocycles. The van der Waals surface area contributed by atoms with E-state index in [9.17, 15) is 4.79 Å². The Balaban J connectivity index is 0.000000179. The van der Waals surface area contributed by atoms with Crippen LogP contribution in [-0.2, 0) is 11.3 Å². The number of carbonyl (C=O) groups excluding carboxylic acids is 1. The molecule has 1 fully saturated rings. The van der Waals surface area contributed by atoms with Crippen LogP contribution in [0.5, 0.6) is 0 Å². The van der Waals surface area contributed by atoms with Crippen molar-refractivity contribution in [1.29, 1.82) is 0 Å². The molecule has 1 unspecified atom stereocenters. The molecule has 0 bridgehead atoms. The number of oxime groups is 1. The largest absolute Gasteiger partial charge is 0.399 e. The molecule has 162 valence electrons. The molecule has 1 aliphatic heterocycles. The van der Waals surface area contributed by atoms with E-state index >= 15 is 0 Å². The van der Waals surface area contributed by atoms with Crippen molar-refractivity contribution < 1.29 is 19.3 Å². The lowest BCUT2D eigenvalue weighted by Crippen LogP contribution is -2.19. The molecule has 2 aromatic carbocycles. The van der Waals surface area contributed by atoms with Crippen molar-refractivity contribution in [2.75, 3.05) is 27.3 Å². The van der Waals surface area contributed by atoms with Gasteiger partial charge in [0, 0.05) is 18.5 Å². The molecule has 4 rings (SSSR count). The van der Waals surface area contributed by atoms with Crippen LogP contribution in [0.25, 0.3) is 11.1 Å². The fraction of sp³-hybridized carbons (Fsp3) is 0.304. The maximum absolute atomic E-state index is 10.5. The van der Waals surface area contributed by atoms with Gasteiger partial charge in [-0.1, -0.05) is 64.9 Å². The zero-order valence-electron chi connectivity index (χ0n) is 17.6. The standard InChI is InChI=1S/C13H10O.C10H16N4O3/c14-10-11-6-8-13(9-7-11)12-4-2-1-3-5-12;1-14-6-7(12-16-2)5-8(14)10-11-9(3-4-15)17-13-10/h1-10H;8,15H,3-6H2,1-2H3. The summed E-state index contributed by atoms with van der Waals surface area (Å²) < 4.78 is 5.04. The second kappa shape index (κ2) is 11.1. The van der Waals surface area contributed by atoms with E-state index in [0.717, 1.165) is 30.5 Å². The van der Waals surface area contributed by atoms with E-state index in [0.29, 0.717) is 23.7 Å². The van der Waals surface area contributed by atoms with Crippen LogP contribution in [-0.4, -0.2) is 59.5 Å². The molecular formula is C23H26N4O4. The van der Waals surface area contributed by atoms with Gasteiger partial charge >= 0.3 is 0 Å². The van der Waals surface area contributed by atoms with Crippen molar-refractivity contribution in [2.24, 2.45) is 5.16 Å². The molecule has 1 atom stereocenters. The summed E-state index contributed by atoms with van der Waals surface area (Å²) >= 11 is 0. The predicted octanol–water partition coefficient (Wildman–Crippen LogP) is 3.15. The number of carbonyl (C=O) groups is 1. The fourth-order valence-corrected chi connectivity index (χ4v) is 3.31. The van der Waals surface area contributed by atoms with Crippen LogP contribution in [0.15, 0.2) is 64.3 Å². The second-order valence-electron chi connectivity index (χ2n) is 7.10. The molecule has 0 amide bonds. The molecule has 1 aromatic heterocycles. The Labute approximate surface area is 181 Å². The summed E-state index contributed by atoms with van der Waals surface area (Å²) in [5, 5.41) is 16.7. The van der Waals surface area contributed by atoms with Gasteiger partial charge in [0.2, 0.25) is 5.89 Å². The third kappa shape index (κ3) is 6.07. The third-order valence-electron chi connectivity index (χ3n) is 4.87. The topological polar surface area (TPSA) is 101 Å². The summed E-state index contributed by atoms with van der Waals surface area (Å²) in [6.45, 7) is 0.751. The fourth-order valence-electron chi connectivity index (χ4n) is 3.31. The van der Waals surface area contributed by atoms with Gasteiger partial charge in [0.25, 0.3) is 0 Å². The number of rotatable bonds is 6. The Kier molecular flexibility index (Phi) is 8.03. The average Bonchev–Trinajstić information content (AvgIpc) is 3.41. The molecular weight excluding hydrogens is 396 g/mol. The minimum Gasteiger partial charge on any atom is -0.399 e. The van der Waals surface area contributed by atoms with Crippen LogP contribution < -0.4 is 0 Å². The summed E-state index contributed by atoms with van der Waals surface area (Å²) in [5.74, 6) is 1.10. The lowest BCUT2D eigenvalue weighted by Gasteiger charge is -2.13. The summed E-state index contributed by atoms with van der Waals surface area (Å²) in [6.07, 6.45) is 1.99. The van der Waals surface area contributed by atoms with E-state index in [1.165, 1.54) is 12.7 Å². The summed E-state index contributed by atoms with van der Waals surface area (Å²) in [6, 6.07) is 17.7. The van der Waals surface area contributed by atoms with Gasteiger partial charge in [-0.3, -0.25) is 9.69 Å². The quantitative estimate of drug-likeness (QED) is 0.481. The number of hydrogen-bond donors (Lipinski definition) is 1. The van der Waals surface area contributed by atoms with E-state index in [-0.39, 0.29) is 12.6 Å². The van der Waals surface area contributed by atoms with Crippen molar-refractivity contribution in [3.8, 4) is 11.1 Å². The molecule has 8 nitrogen and oxygen atoms in total. The minimum atomic E-state index is 0.0124. The van der Waals surface area contributed by atoms with Gasteiger partial charge in [0.1, 0.15) is 13.4 Å². The molecule has 8 heteroatoms. The van der Waals surface area contributed by atoms with Crippen molar-refractivity contribution in [3.63, 3.8) is 0 Å². The van der Waals surface area contributed by atoms with Crippen molar-refractivity contribution >= 4 is 12.0 Å². The maximum atomic E-state index is 10.5. The Morgan fingerprint density at radius 1 is 1.19 bits per heavy atom. The van der Waals surface area contributed by atoms with Gasteiger partial charge < -0.3 is 14.5 Å². The zero-order valence-corrected chi connectivity index (χ0v) is 17.6. The molecule has 0 radical (unpaired) electrons. The molecule has 1 aliphatic rings. The van der Waals surface area contributed by atoms with Crippen LogP contribution >= 0.6 is 0 Å². The van der Waals surface area contributed by atoms with Crippen molar-refractivity contribution in [2.45, 2.75) is 18.9 Å². The predicted molar refractivity (Wildman–Crippen MR) is 117 cm³/mol. The molecule has 0 spiro atoms. The highest BCUT2D eigenvalue weighted by Crippen LogP contribution is 2.27. The minimum absolute atomic E-state index is 0.0124. The average molecular weight is 422 g/mol. The molecule has 3 aromatic rings. The van der Waals surface area contributed by atoms with E-state index in [1.54, 1.807) is 0 Å². The summed E-state index contributed by atoms with van der Waals surface area (Å²) in [5.41, 5.74) is 3.99. The lowest BCUT2D eigenvalue weighted by atomic mass is 10.0. The molecule has 1 N–H and O–H groups in total. The van der Waals surface area contributed by atoms with Gasteiger partial charge in [0.05, 0.1) is 24.8 Å². The molecule has 0 saturated carbocycles. The summed E-state index contributed by atoms with van der Waals surface area (Å²) in [4.78, 5) is 21.6. The number of aliphatic hydroxyl groups is 1. The number of hydrogen-bond acceptors (Lipinski definition) is 8. The summed E-state index contributed by atoms with van der Waals surface area (Å²) in [7, 11) is 3.51. The monoisotopic (exact) mass is 422 g/mol. The van der Waals surface area contributed by atoms with E-state index in [1.807, 2.05) is 49.5 Å². The highest BCUT2D eigenvalue weighted by atomic mass is 16.6. The number of likely N-dealkylation sites (tertiary alicyclic amines) is 1. The Morgan fingerprint density at radius 3 is 2.55 bits per heavy atom. The first-order valence-corrected chi connectivity index (χ1v) is 9.97. The van der Waals surface area contributed by atoms with E-state index < -0.39 is 0 Å². The highest BCUT2D eigenvalue weighted by molar-refractivity contribution is 5.88.